The molecule has 2 heterocycles. The zero-order valence-corrected chi connectivity index (χ0v) is 14.1. The fourth-order valence-corrected chi connectivity index (χ4v) is 2.66. The fourth-order valence-electron chi connectivity index (χ4n) is 2.52. The predicted molar refractivity (Wildman–Crippen MR) is 90.2 cm³/mol. The third-order valence-corrected chi connectivity index (χ3v) is 4.02. The highest BCUT2D eigenvalue weighted by molar-refractivity contribution is 6.30. The zero-order valence-electron chi connectivity index (χ0n) is 13.3. The van der Waals surface area contributed by atoms with Crippen LogP contribution in [0.5, 0.6) is 11.5 Å². The lowest BCUT2D eigenvalue weighted by Gasteiger charge is -2.14. The third-order valence-electron chi connectivity index (χ3n) is 3.75. The number of benzene rings is 1. The van der Waals surface area contributed by atoms with Crippen molar-refractivity contribution in [2.75, 3.05) is 14.2 Å². The van der Waals surface area contributed by atoms with Crippen molar-refractivity contribution in [3.8, 4) is 11.5 Å². The van der Waals surface area contributed by atoms with Crippen molar-refractivity contribution in [2.45, 2.75) is 6.54 Å². The van der Waals surface area contributed by atoms with Gasteiger partial charge in [-0.3, -0.25) is 14.3 Å². The number of nitrogens with one attached hydrogen (secondary N) is 1. The molecule has 0 saturated carbocycles. The molecule has 0 fully saturated rings. The molecule has 130 valence electrons. The van der Waals surface area contributed by atoms with E-state index in [0.717, 1.165) is 10.8 Å². The van der Waals surface area contributed by atoms with Crippen molar-refractivity contribution in [1.29, 1.82) is 0 Å². The number of pyridine rings is 1. The maximum atomic E-state index is 14.5. The highest BCUT2D eigenvalue weighted by atomic mass is 35.5. The second kappa shape index (κ2) is 6.56. The predicted octanol–water partition coefficient (Wildman–Crippen LogP) is 1.94. The lowest BCUT2D eigenvalue weighted by Crippen LogP contribution is -2.31. The van der Waals surface area contributed by atoms with Gasteiger partial charge in [-0.2, -0.15) is 0 Å². The standard InChI is InChI=1S/C16H13ClFN3O4/c1-24-9-4-3-8(11(5-9)25-2)7-21-13-10(15(22)20-16(21)23)6-19-14(17)12(13)18/h3-6H,7H2,1-2H3,(H,20,22,23). The van der Waals surface area contributed by atoms with Crippen molar-refractivity contribution in [2.24, 2.45) is 0 Å². The number of rotatable bonds is 4. The molecule has 0 saturated heterocycles. The highest BCUT2D eigenvalue weighted by Gasteiger charge is 2.17. The smallest absolute Gasteiger partial charge is 0.329 e. The number of hydrogen-bond acceptors (Lipinski definition) is 5. The Morgan fingerprint density at radius 1 is 1.28 bits per heavy atom. The molecule has 1 aromatic carbocycles. The average molecular weight is 366 g/mol. The Kier molecular flexibility index (Phi) is 4.45. The number of methoxy groups -OCH3 is 2. The Balaban J connectivity index is 2.25. The van der Waals surface area contributed by atoms with Gasteiger partial charge in [0.2, 0.25) is 0 Å². The minimum absolute atomic E-state index is 0.0451. The van der Waals surface area contributed by atoms with Crippen LogP contribution in [0.1, 0.15) is 5.56 Å². The van der Waals surface area contributed by atoms with Crippen molar-refractivity contribution >= 4 is 22.5 Å². The van der Waals surface area contributed by atoms with Gasteiger partial charge in [0.05, 0.1) is 31.7 Å². The van der Waals surface area contributed by atoms with Crippen molar-refractivity contribution < 1.29 is 13.9 Å². The first-order chi connectivity index (χ1) is 12.0. The van der Waals surface area contributed by atoms with Crippen LogP contribution in [-0.2, 0) is 6.54 Å². The molecule has 9 heteroatoms. The maximum absolute atomic E-state index is 14.5. The number of aromatic amines is 1. The van der Waals surface area contributed by atoms with Crippen LogP contribution in [-0.4, -0.2) is 28.8 Å². The number of fused-ring (bicyclic) bond motifs is 1. The average Bonchev–Trinajstić information content (AvgIpc) is 2.61. The molecule has 3 aromatic rings. The molecule has 0 aliphatic carbocycles. The molecule has 1 N–H and O–H groups in total. The first-order valence-corrected chi connectivity index (χ1v) is 7.51. The molecular weight excluding hydrogens is 353 g/mol. The van der Waals surface area contributed by atoms with E-state index < -0.39 is 22.2 Å². The quantitative estimate of drug-likeness (QED) is 0.714. The molecule has 0 spiro atoms. The van der Waals surface area contributed by atoms with Crippen LogP contribution in [0.2, 0.25) is 5.15 Å². The van der Waals surface area contributed by atoms with Gasteiger partial charge in [-0.15, -0.1) is 0 Å². The van der Waals surface area contributed by atoms with Crippen molar-refractivity contribution in [3.63, 3.8) is 0 Å². The monoisotopic (exact) mass is 365 g/mol. The summed E-state index contributed by atoms with van der Waals surface area (Å²) < 4.78 is 26.0. The van der Waals surface area contributed by atoms with E-state index in [9.17, 15) is 14.0 Å². The van der Waals surface area contributed by atoms with E-state index in [1.165, 1.54) is 14.2 Å². The first kappa shape index (κ1) is 17.0. The van der Waals surface area contributed by atoms with Gasteiger partial charge < -0.3 is 9.47 Å². The summed E-state index contributed by atoms with van der Waals surface area (Å²) in [7, 11) is 2.98. The van der Waals surface area contributed by atoms with Gasteiger partial charge in [-0.1, -0.05) is 11.6 Å². The Morgan fingerprint density at radius 3 is 2.72 bits per heavy atom. The van der Waals surface area contributed by atoms with Crippen LogP contribution < -0.4 is 20.7 Å². The molecule has 0 atom stereocenters. The summed E-state index contributed by atoms with van der Waals surface area (Å²) in [5.41, 5.74) is -1.13. The first-order valence-electron chi connectivity index (χ1n) is 7.14. The summed E-state index contributed by atoms with van der Waals surface area (Å²) in [6.45, 7) is -0.0451. The van der Waals surface area contributed by atoms with Gasteiger partial charge in [0.25, 0.3) is 5.56 Å². The van der Waals surface area contributed by atoms with E-state index in [2.05, 4.69) is 9.97 Å². The molecule has 0 radical (unpaired) electrons. The normalized spacial score (nSPS) is 10.9. The summed E-state index contributed by atoms with van der Waals surface area (Å²) >= 11 is 5.71. The van der Waals surface area contributed by atoms with Crippen LogP contribution >= 0.6 is 11.6 Å². The van der Waals surface area contributed by atoms with Crippen LogP contribution in [0.3, 0.4) is 0 Å². The van der Waals surface area contributed by atoms with Crippen LogP contribution in [0.25, 0.3) is 10.9 Å². The Labute approximate surface area is 145 Å². The summed E-state index contributed by atoms with van der Waals surface area (Å²) in [4.78, 5) is 29.9. The lowest BCUT2D eigenvalue weighted by molar-refractivity contribution is 0.390. The van der Waals surface area contributed by atoms with E-state index in [1.807, 2.05) is 0 Å². The number of halogens is 2. The van der Waals surface area contributed by atoms with E-state index in [0.29, 0.717) is 17.1 Å². The number of nitrogens with zero attached hydrogens (tertiary/aromatic N) is 2. The molecular formula is C16H13ClFN3O4. The second-order valence-corrected chi connectivity index (χ2v) is 5.51. The van der Waals surface area contributed by atoms with Gasteiger partial charge >= 0.3 is 5.69 Å². The van der Waals surface area contributed by atoms with E-state index in [1.54, 1.807) is 18.2 Å². The summed E-state index contributed by atoms with van der Waals surface area (Å²) in [6.07, 6.45) is 1.13. The van der Waals surface area contributed by atoms with Gasteiger partial charge in [-0.05, 0) is 12.1 Å². The number of hydrogen-bond donors (Lipinski definition) is 1. The molecule has 0 aliphatic rings. The third kappa shape index (κ3) is 2.96. The molecule has 7 nitrogen and oxygen atoms in total. The van der Waals surface area contributed by atoms with Crippen molar-refractivity contribution in [3.05, 3.63) is 61.8 Å². The Bertz CT molecular complexity index is 1080. The number of ether oxygens (including phenoxy) is 2. The topological polar surface area (TPSA) is 86.2 Å². The minimum Gasteiger partial charge on any atom is -0.497 e. The SMILES string of the molecule is COc1ccc(Cn2c(=O)[nH]c(=O)c3cnc(Cl)c(F)c32)c(OC)c1. The maximum Gasteiger partial charge on any atom is 0.329 e. The number of aromatic nitrogens is 3. The molecule has 3 rings (SSSR count). The molecule has 2 aromatic heterocycles. The second-order valence-electron chi connectivity index (χ2n) is 5.15. The van der Waals surface area contributed by atoms with Crippen LogP contribution in [0.15, 0.2) is 34.0 Å². The van der Waals surface area contributed by atoms with Crippen LogP contribution in [0, 0.1) is 5.82 Å². The van der Waals surface area contributed by atoms with Crippen LogP contribution in [0.4, 0.5) is 4.39 Å². The number of H-pyrrole nitrogens is 1. The Morgan fingerprint density at radius 2 is 2.04 bits per heavy atom. The van der Waals surface area contributed by atoms with E-state index in [4.69, 9.17) is 21.1 Å². The van der Waals surface area contributed by atoms with Gasteiger partial charge in [0.1, 0.15) is 11.5 Å². The zero-order chi connectivity index (χ0) is 18.1. The van der Waals surface area contributed by atoms with Crippen molar-refractivity contribution in [1.82, 2.24) is 14.5 Å². The summed E-state index contributed by atoms with van der Waals surface area (Å²) in [5, 5.41) is -0.498. The molecule has 0 bridgehead atoms. The van der Waals surface area contributed by atoms with Gasteiger partial charge in [0.15, 0.2) is 11.0 Å². The molecule has 0 aliphatic heterocycles. The molecule has 0 amide bonds. The highest BCUT2D eigenvalue weighted by Crippen LogP contribution is 2.26. The molecule has 25 heavy (non-hydrogen) atoms. The van der Waals surface area contributed by atoms with E-state index in [-0.39, 0.29) is 17.4 Å². The minimum atomic E-state index is -0.935. The molecule has 0 unspecified atom stereocenters. The van der Waals surface area contributed by atoms with Gasteiger partial charge in [0, 0.05) is 17.8 Å². The summed E-state index contributed by atoms with van der Waals surface area (Å²) in [6, 6.07) is 5.00. The van der Waals surface area contributed by atoms with Gasteiger partial charge in [-0.25, -0.2) is 14.2 Å². The fraction of sp³-hybridized carbons (Fsp3) is 0.188. The Hall–Kier alpha value is -2.87. The lowest BCUT2D eigenvalue weighted by atomic mass is 10.1. The summed E-state index contributed by atoms with van der Waals surface area (Å²) in [5.74, 6) is 0.0821. The largest absolute Gasteiger partial charge is 0.497 e. The van der Waals surface area contributed by atoms with E-state index >= 15 is 0 Å².